The van der Waals surface area contributed by atoms with Crippen molar-refractivity contribution in [2.24, 2.45) is 0 Å². The first-order chi connectivity index (χ1) is 11.6. The van der Waals surface area contributed by atoms with Crippen LogP contribution in [0.4, 0.5) is 4.79 Å². The van der Waals surface area contributed by atoms with Crippen molar-refractivity contribution in [2.45, 2.75) is 50.6 Å². The Balaban J connectivity index is 1.45. The molecule has 0 atom stereocenters. The third-order valence-corrected chi connectivity index (χ3v) is 5.25. The van der Waals surface area contributed by atoms with Crippen molar-refractivity contribution in [1.29, 1.82) is 0 Å². The maximum atomic E-state index is 12.3. The molecule has 6 heteroatoms. The first-order valence-corrected chi connectivity index (χ1v) is 9.12. The molecule has 0 bridgehead atoms. The highest BCUT2D eigenvalue weighted by Gasteiger charge is 2.26. The maximum Gasteiger partial charge on any atom is 0.317 e. The summed E-state index contributed by atoms with van der Waals surface area (Å²) in [5, 5.41) is 6.61. The minimum atomic E-state index is -0.144. The quantitative estimate of drug-likeness (QED) is 0.880. The summed E-state index contributed by atoms with van der Waals surface area (Å²) in [7, 11) is 0. The Bertz CT molecular complexity index is 594. The molecule has 1 saturated carbocycles. The molecular weight excluding hydrogens is 326 g/mol. The first kappa shape index (κ1) is 17.1. The number of halogens is 1. The zero-order chi connectivity index (χ0) is 16.9. The molecule has 0 unspecified atom stereocenters. The number of nitrogens with zero attached hydrogens (tertiary/aromatic N) is 1. The molecule has 0 spiro atoms. The summed E-state index contributed by atoms with van der Waals surface area (Å²) in [6.45, 7) is 1.35. The smallest absolute Gasteiger partial charge is 0.317 e. The lowest BCUT2D eigenvalue weighted by atomic mass is 10.0. The van der Waals surface area contributed by atoms with Crippen molar-refractivity contribution in [3.8, 4) is 0 Å². The summed E-state index contributed by atoms with van der Waals surface area (Å²) in [6.07, 6.45) is 6.15. The zero-order valence-corrected chi connectivity index (χ0v) is 14.5. The van der Waals surface area contributed by atoms with Crippen LogP contribution in [0.25, 0.3) is 0 Å². The lowest BCUT2D eigenvalue weighted by Crippen LogP contribution is -2.51. The molecular formula is C18H24ClN3O2. The van der Waals surface area contributed by atoms with Gasteiger partial charge in [0.15, 0.2) is 0 Å². The minimum Gasteiger partial charge on any atom is -0.349 e. The van der Waals surface area contributed by atoms with E-state index >= 15 is 0 Å². The molecule has 3 amide bonds. The van der Waals surface area contributed by atoms with Crippen LogP contribution in [0.1, 0.15) is 48.9 Å². The Hall–Kier alpha value is -1.75. The highest BCUT2D eigenvalue weighted by Crippen LogP contribution is 2.19. The maximum absolute atomic E-state index is 12.3. The Kier molecular flexibility index (Phi) is 5.61. The normalized spacial score (nSPS) is 19.3. The number of carbonyl (C=O) groups is 2. The van der Waals surface area contributed by atoms with E-state index in [9.17, 15) is 9.59 Å². The van der Waals surface area contributed by atoms with E-state index in [1.807, 2.05) is 4.90 Å². The van der Waals surface area contributed by atoms with Gasteiger partial charge in [0.05, 0.1) is 10.6 Å². The number of hydrogen-bond donors (Lipinski definition) is 2. The summed E-state index contributed by atoms with van der Waals surface area (Å²) in [4.78, 5) is 26.4. The average molecular weight is 350 g/mol. The third kappa shape index (κ3) is 4.20. The largest absolute Gasteiger partial charge is 0.349 e. The van der Waals surface area contributed by atoms with Gasteiger partial charge in [-0.15, -0.1) is 0 Å². The van der Waals surface area contributed by atoms with Gasteiger partial charge in [-0.25, -0.2) is 4.79 Å². The van der Waals surface area contributed by atoms with Crippen molar-refractivity contribution in [1.82, 2.24) is 15.5 Å². The summed E-state index contributed by atoms with van der Waals surface area (Å²) in [5.41, 5.74) is 0.501. The number of likely N-dealkylation sites (tertiary alicyclic amines) is 1. The number of nitrogens with one attached hydrogen (secondary N) is 2. The fraction of sp³-hybridized carbons (Fsp3) is 0.556. The van der Waals surface area contributed by atoms with Crippen LogP contribution in [0.5, 0.6) is 0 Å². The molecule has 1 aliphatic heterocycles. The van der Waals surface area contributed by atoms with Crippen molar-refractivity contribution < 1.29 is 9.59 Å². The SMILES string of the molecule is O=C(NC1CCN(C(=O)NC2CCCC2)CC1)c1ccccc1Cl. The van der Waals surface area contributed by atoms with Crippen LogP contribution in [-0.2, 0) is 0 Å². The molecule has 1 heterocycles. The molecule has 1 aromatic rings. The molecule has 1 saturated heterocycles. The van der Waals surface area contributed by atoms with Crippen LogP contribution in [0.2, 0.25) is 5.02 Å². The molecule has 2 aliphatic rings. The minimum absolute atomic E-state index is 0.0396. The van der Waals surface area contributed by atoms with E-state index in [2.05, 4.69) is 10.6 Å². The van der Waals surface area contributed by atoms with Gasteiger partial charge in [0.25, 0.3) is 5.91 Å². The Morgan fingerprint density at radius 3 is 2.25 bits per heavy atom. The van der Waals surface area contributed by atoms with Gasteiger partial charge in [-0.1, -0.05) is 36.6 Å². The Morgan fingerprint density at radius 2 is 1.58 bits per heavy atom. The topological polar surface area (TPSA) is 61.4 Å². The molecule has 2 N–H and O–H groups in total. The average Bonchev–Trinajstić information content (AvgIpc) is 3.08. The van der Waals surface area contributed by atoms with Gasteiger partial charge >= 0.3 is 6.03 Å². The highest BCUT2D eigenvalue weighted by molar-refractivity contribution is 6.33. The monoisotopic (exact) mass is 349 g/mol. The van der Waals surface area contributed by atoms with Crippen LogP contribution in [-0.4, -0.2) is 42.0 Å². The van der Waals surface area contributed by atoms with Crippen LogP contribution >= 0.6 is 11.6 Å². The van der Waals surface area contributed by atoms with Gasteiger partial charge in [-0.3, -0.25) is 4.79 Å². The summed E-state index contributed by atoms with van der Waals surface area (Å²) >= 11 is 6.06. The predicted octanol–water partition coefficient (Wildman–Crippen LogP) is 3.19. The van der Waals surface area contributed by atoms with Gasteiger partial charge in [0.1, 0.15) is 0 Å². The van der Waals surface area contributed by atoms with Gasteiger partial charge in [0, 0.05) is 25.2 Å². The van der Waals surface area contributed by atoms with Crippen LogP contribution in [0.3, 0.4) is 0 Å². The van der Waals surface area contributed by atoms with E-state index in [1.54, 1.807) is 24.3 Å². The first-order valence-electron chi connectivity index (χ1n) is 8.74. The van der Waals surface area contributed by atoms with E-state index in [-0.39, 0.29) is 18.0 Å². The summed E-state index contributed by atoms with van der Waals surface area (Å²) in [6, 6.07) is 7.52. The van der Waals surface area contributed by atoms with Crippen molar-refractivity contribution in [3.63, 3.8) is 0 Å². The van der Waals surface area contributed by atoms with Crippen LogP contribution < -0.4 is 10.6 Å². The van der Waals surface area contributed by atoms with Crippen molar-refractivity contribution >= 4 is 23.5 Å². The molecule has 1 aliphatic carbocycles. The molecule has 1 aromatic carbocycles. The van der Waals surface area contributed by atoms with Gasteiger partial charge in [-0.05, 0) is 37.8 Å². The van der Waals surface area contributed by atoms with Crippen molar-refractivity contribution in [2.75, 3.05) is 13.1 Å². The highest BCUT2D eigenvalue weighted by atomic mass is 35.5. The molecule has 24 heavy (non-hydrogen) atoms. The number of benzene rings is 1. The van der Waals surface area contributed by atoms with Gasteiger partial charge in [0.2, 0.25) is 0 Å². The fourth-order valence-corrected chi connectivity index (χ4v) is 3.69. The van der Waals surface area contributed by atoms with E-state index in [0.29, 0.717) is 29.7 Å². The molecule has 0 aromatic heterocycles. The summed E-state index contributed by atoms with van der Waals surface area (Å²) in [5.74, 6) is -0.144. The van der Waals surface area contributed by atoms with E-state index < -0.39 is 0 Å². The number of urea groups is 1. The zero-order valence-electron chi connectivity index (χ0n) is 13.8. The number of rotatable bonds is 3. The fourth-order valence-electron chi connectivity index (χ4n) is 3.47. The van der Waals surface area contributed by atoms with E-state index in [0.717, 1.165) is 25.7 Å². The number of amides is 3. The molecule has 3 rings (SSSR count). The van der Waals surface area contributed by atoms with Crippen LogP contribution in [0, 0.1) is 0 Å². The number of hydrogen-bond acceptors (Lipinski definition) is 2. The molecule has 5 nitrogen and oxygen atoms in total. The van der Waals surface area contributed by atoms with E-state index in [4.69, 9.17) is 11.6 Å². The molecule has 0 radical (unpaired) electrons. The standard InChI is InChI=1S/C18H24ClN3O2/c19-16-8-4-3-7-15(16)17(23)20-14-9-11-22(12-10-14)18(24)21-13-5-1-2-6-13/h3-4,7-8,13-14H,1-2,5-6,9-12H2,(H,20,23)(H,21,24). The Labute approximate surface area is 147 Å². The second-order valence-electron chi connectivity index (χ2n) is 6.65. The number of carbonyl (C=O) groups excluding carboxylic acids is 2. The van der Waals surface area contributed by atoms with Gasteiger partial charge < -0.3 is 15.5 Å². The lowest BCUT2D eigenvalue weighted by molar-refractivity contribution is 0.0918. The second kappa shape index (κ2) is 7.88. The second-order valence-corrected chi connectivity index (χ2v) is 7.05. The third-order valence-electron chi connectivity index (χ3n) is 4.92. The van der Waals surface area contributed by atoms with Crippen molar-refractivity contribution in [3.05, 3.63) is 34.9 Å². The summed E-state index contributed by atoms with van der Waals surface area (Å²) < 4.78 is 0. The molecule has 130 valence electrons. The molecule has 2 fully saturated rings. The van der Waals surface area contributed by atoms with Gasteiger partial charge in [-0.2, -0.15) is 0 Å². The lowest BCUT2D eigenvalue weighted by Gasteiger charge is -2.33. The number of piperidine rings is 1. The Morgan fingerprint density at radius 1 is 0.958 bits per heavy atom. The van der Waals surface area contributed by atoms with E-state index in [1.165, 1.54) is 12.8 Å². The predicted molar refractivity (Wildman–Crippen MR) is 94.3 cm³/mol. The van der Waals surface area contributed by atoms with Crippen LogP contribution in [0.15, 0.2) is 24.3 Å².